The minimum atomic E-state index is -0.349. The summed E-state index contributed by atoms with van der Waals surface area (Å²) in [6, 6.07) is 14.0. The number of hydrogen-bond acceptors (Lipinski definition) is 5. The Kier molecular flexibility index (Phi) is 4.51. The Morgan fingerprint density at radius 1 is 1.15 bits per heavy atom. The number of pyridine rings is 1. The number of aliphatic imine (C=N–C) groups is 1. The van der Waals surface area contributed by atoms with Gasteiger partial charge in [-0.3, -0.25) is 4.79 Å². The first-order chi connectivity index (χ1) is 13.1. The third-order valence-electron chi connectivity index (χ3n) is 4.11. The molecule has 0 saturated carbocycles. The Labute approximate surface area is 163 Å². The fraction of sp³-hybridized carbons (Fsp3) is 0.0500. The van der Waals surface area contributed by atoms with E-state index in [9.17, 15) is 9.90 Å². The van der Waals surface area contributed by atoms with Gasteiger partial charge in [-0.25, -0.2) is 14.5 Å². The molecule has 7 heteroatoms. The second kappa shape index (κ2) is 6.98. The summed E-state index contributed by atoms with van der Waals surface area (Å²) in [4.78, 5) is 22.6. The molecule has 0 amide bonds. The zero-order chi connectivity index (χ0) is 19.0. The smallest absolute Gasteiger partial charge is 0.265 e. The van der Waals surface area contributed by atoms with E-state index >= 15 is 0 Å². The van der Waals surface area contributed by atoms with Crippen molar-refractivity contribution in [2.75, 3.05) is 0 Å². The van der Waals surface area contributed by atoms with E-state index in [1.54, 1.807) is 48.7 Å². The number of halogens is 1. The van der Waals surface area contributed by atoms with Crippen LogP contribution in [0.5, 0.6) is 5.88 Å². The Hall–Kier alpha value is -2.96. The van der Waals surface area contributed by atoms with Crippen molar-refractivity contribution < 1.29 is 5.11 Å². The van der Waals surface area contributed by atoms with Crippen LogP contribution in [0.4, 0.5) is 5.13 Å². The lowest BCUT2D eigenvalue weighted by atomic mass is 10.1. The number of hydrogen-bond donors (Lipinski definition) is 1. The average Bonchev–Trinajstić information content (AvgIpc) is 3.08. The number of fused-ring (bicyclic) bond motifs is 1. The number of para-hydroxylation sites is 1. The van der Waals surface area contributed by atoms with Crippen molar-refractivity contribution in [3.05, 3.63) is 80.5 Å². The van der Waals surface area contributed by atoms with Crippen LogP contribution >= 0.6 is 22.9 Å². The summed E-state index contributed by atoms with van der Waals surface area (Å²) in [6.45, 7) is 1.95. The van der Waals surface area contributed by atoms with Crippen molar-refractivity contribution in [1.29, 1.82) is 0 Å². The molecule has 0 unspecified atom stereocenters. The maximum atomic E-state index is 13.0. The van der Waals surface area contributed by atoms with E-state index in [-0.39, 0.29) is 11.4 Å². The number of aryl methyl sites for hydroxylation is 1. The minimum Gasteiger partial charge on any atom is -0.494 e. The van der Waals surface area contributed by atoms with Gasteiger partial charge in [0.15, 0.2) is 0 Å². The molecule has 0 bridgehead atoms. The van der Waals surface area contributed by atoms with Crippen LogP contribution in [0.1, 0.15) is 10.4 Å². The van der Waals surface area contributed by atoms with Gasteiger partial charge in [0, 0.05) is 28.1 Å². The predicted molar refractivity (Wildman–Crippen MR) is 110 cm³/mol. The van der Waals surface area contributed by atoms with Crippen molar-refractivity contribution in [3.8, 4) is 11.6 Å². The normalized spacial score (nSPS) is 11.5. The predicted octanol–water partition coefficient (Wildman–Crippen LogP) is 4.87. The van der Waals surface area contributed by atoms with Crippen molar-refractivity contribution in [2.24, 2.45) is 4.99 Å². The molecular formula is C20H14ClN3O2S. The molecule has 27 heavy (non-hydrogen) atoms. The fourth-order valence-corrected chi connectivity index (χ4v) is 3.69. The van der Waals surface area contributed by atoms with Gasteiger partial charge in [0.05, 0.1) is 16.3 Å². The monoisotopic (exact) mass is 395 g/mol. The number of aromatic nitrogens is 2. The molecule has 1 N–H and O–H groups in total. The Morgan fingerprint density at radius 2 is 1.85 bits per heavy atom. The maximum absolute atomic E-state index is 13.0. The van der Waals surface area contributed by atoms with Gasteiger partial charge in [0.25, 0.3) is 5.56 Å². The van der Waals surface area contributed by atoms with E-state index in [2.05, 4.69) is 9.98 Å². The lowest BCUT2D eigenvalue weighted by Crippen LogP contribution is -2.20. The number of rotatable bonds is 3. The van der Waals surface area contributed by atoms with Gasteiger partial charge in [-0.2, -0.15) is 0 Å². The summed E-state index contributed by atoms with van der Waals surface area (Å²) in [7, 11) is 0. The quantitative estimate of drug-likeness (QED) is 0.503. The lowest BCUT2D eigenvalue weighted by molar-refractivity contribution is 0.436. The van der Waals surface area contributed by atoms with E-state index in [4.69, 9.17) is 11.6 Å². The second-order valence-electron chi connectivity index (χ2n) is 5.89. The highest BCUT2D eigenvalue weighted by Crippen LogP contribution is 2.29. The number of benzene rings is 2. The highest BCUT2D eigenvalue weighted by molar-refractivity contribution is 7.15. The van der Waals surface area contributed by atoms with Gasteiger partial charge in [0.1, 0.15) is 0 Å². The maximum Gasteiger partial charge on any atom is 0.265 e. The molecule has 134 valence electrons. The molecule has 5 nitrogen and oxygen atoms in total. The van der Waals surface area contributed by atoms with Gasteiger partial charge in [-0.1, -0.05) is 41.9 Å². The lowest BCUT2D eigenvalue weighted by Gasteiger charge is -2.14. The summed E-state index contributed by atoms with van der Waals surface area (Å²) in [5.41, 5.74) is 0.489. The zero-order valence-corrected chi connectivity index (χ0v) is 15.8. The molecule has 0 radical (unpaired) electrons. The number of thiazole rings is 1. The summed E-state index contributed by atoms with van der Waals surface area (Å²) >= 11 is 7.71. The van der Waals surface area contributed by atoms with E-state index in [1.807, 2.05) is 13.0 Å². The molecule has 2 heterocycles. The SMILES string of the molecule is Cc1cnc(/N=C/c2c(O)n(-c3ccccc3Cl)c(=O)c3ccccc23)s1. The summed E-state index contributed by atoms with van der Waals surface area (Å²) in [5, 5.41) is 12.9. The fourth-order valence-electron chi connectivity index (χ4n) is 2.87. The first kappa shape index (κ1) is 17.5. The van der Waals surface area contributed by atoms with Crippen LogP contribution in [-0.2, 0) is 0 Å². The molecule has 0 saturated heterocycles. The first-order valence-electron chi connectivity index (χ1n) is 8.14. The minimum absolute atomic E-state index is 0.219. The van der Waals surface area contributed by atoms with Crippen molar-refractivity contribution in [3.63, 3.8) is 0 Å². The molecule has 0 atom stereocenters. The van der Waals surface area contributed by atoms with E-state index in [0.29, 0.717) is 32.2 Å². The molecule has 0 spiro atoms. The molecule has 4 rings (SSSR count). The van der Waals surface area contributed by atoms with Crippen LogP contribution in [-0.4, -0.2) is 20.9 Å². The molecule has 2 aromatic carbocycles. The van der Waals surface area contributed by atoms with Crippen molar-refractivity contribution in [1.82, 2.24) is 9.55 Å². The topological polar surface area (TPSA) is 67.5 Å². The zero-order valence-electron chi connectivity index (χ0n) is 14.3. The van der Waals surface area contributed by atoms with E-state index in [0.717, 1.165) is 4.88 Å². The summed E-state index contributed by atoms with van der Waals surface area (Å²) in [5.74, 6) is -0.219. The highest BCUT2D eigenvalue weighted by atomic mass is 35.5. The molecule has 0 aliphatic heterocycles. The van der Waals surface area contributed by atoms with Gasteiger partial charge < -0.3 is 5.11 Å². The average molecular weight is 396 g/mol. The van der Waals surface area contributed by atoms with Gasteiger partial charge in [-0.15, -0.1) is 11.3 Å². The number of aromatic hydroxyl groups is 1. The number of nitrogens with zero attached hydrogens (tertiary/aromatic N) is 3. The van der Waals surface area contributed by atoms with Crippen LogP contribution in [0, 0.1) is 6.92 Å². The van der Waals surface area contributed by atoms with Gasteiger partial charge in [0.2, 0.25) is 11.0 Å². The molecule has 0 fully saturated rings. The molecule has 0 aliphatic carbocycles. The van der Waals surface area contributed by atoms with E-state index in [1.165, 1.54) is 22.1 Å². The Bertz CT molecular complexity index is 1240. The third kappa shape index (κ3) is 3.13. The standard InChI is InChI=1S/C20H14ClN3O2S/c1-12-10-22-20(27-12)23-11-15-13-6-2-3-7-14(13)18(25)24(19(15)26)17-9-5-4-8-16(17)21/h2-11,26H,1H3/b23-11+. The van der Waals surface area contributed by atoms with Crippen LogP contribution in [0.25, 0.3) is 16.5 Å². The highest BCUT2D eigenvalue weighted by Gasteiger charge is 2.17. The Balaban J connectivity index is 2.02. The first-order valence-corrected chi connectivity index (χ1v) is 9.34. The summed E-state index contributed by atoms with van der Waals surface area (Å²) < 4.78 is 1.21. The summed E-state index contributed by atoms with van der Waals surface area (Å²) in [6.07, 6.45) is 3.27. The van der Waals surface area contributed by atoms with Crippen LogP contribution in [0.3, 0.4) is 0 Å². The Morgan fingerprint density at radius 3 is 2.56 bits per heavy atom. The van der Waals surface area contributed by atoms with Crippen molar-refractivity contribution in [2.45, 2.75) is 6.92 Å². The van der Waals surface area contributed by atoms with Crippen LogP contribution in [0.15, 0.2) is 64.5 Å². The molecule has 2 aromatic heterocycles. The second-order valence-corrected chi connectivity index (χ2v) is 7.51. The van der Waals surface area contributed by atoms with Crippen molar-refractivity contribution >= 4 is 45.1 Å². The van der Waals surface area contributed by atoms with Crippen LogP contribution in [0.2, 0.25) is 5.02 Å². The largest absolute Gasteiger partial charge is 0.494 e. The van der Waals surface area contributed by atoms with E-state index < -0.39 is 0 Å². The third-order valence-corrected chi connectivity index (χ3v) is 5.25. The van der Waals surface area contributed by atoms with Gasteiger partial charge >= 0.3 is 0 Å². The van der Waals surface area contributed by atoms with Crippen LogP contribution < -0.4 is 5.56 Å². The molecule has 4 aromatic rings. The van der Waals surface area contributed by atoms with Gasteiger partial charge in [-0.05, 0) is 25.1 Å². The molecule has 0 aliphatic rings. The molecular weight excluding hydrogens is 382 g/mol.